The monoisotopic (exact) mass is 268 g/mol. The first kappa shape index (κ1) is 12.9. The van der Waals surface area contributed by atoms with Gasteiger partial charge in [0, 0.05) is 24.7 Å². The number of benzene rings is 1. The quantitative estimate of drug-likeness (QED) is 0.886. The van der Waals surface area contributed by atoms with Crippen molar-refractivity contribution in [3.8, 4) is 0 Å². The van der Waals surface area contributed by atoms with Gasteiger partial charge in [-0.15, -0.1) is 0 Å². The molecule has 1 fully saturated rings. The molecular weight excluding hydrogens is 248 g/mol. The third-order valence-electron chi connectivity index (χ3n) is 3.83. The molecule has 0 atom stereocenters. The van der Waals surface area contributed by atoms with Crippen molar-refractivity contribution in [2.24, 2.45) is 0 Å². The van der Waals surface area contributed by atoms with E-state index in [1.54, 1.807) is 0 Å². The van der Waals surface area contributed by atoms with Crippen LogP contribution in [0.4, 0.5) is 17.5 Å². The molecule has 20 heavy (non-hydrogen) atoms. The van der Waals surface area contributed by atoms with Crippen LogP contribution < -0.4 is 10.6 Å². The molecule has 1 aliphatic carbocycles. The van der Waals surface area contributed by atoms with Gasteiger partial charge in [-0.2, -0.15) is 4.98 Å². The molecule has 1 saturated carbocycles. The number of rotatable bonds is 4. The van der Waals surface area contributed by atoms with E-state index in [1.165, 1.54) is 24.0 Å². The van der Waals surface area contributed by atoms with Gasteiger partial charge < -0.3 is 10.6 Å². The zero-order valence-electron chi connectivity index (χ0n) is 12.2. The highest BCUT2D eigenvalue weighted by Crippen LogP contribution is 2.40. The molecule has 0 saturated heterocycles. The maximum Gasteiger partial charge on any atom is 0.224 e. The second kappa shape index (κ2) is 5.12. The van der Waals surface area contributed by atoms with Crippen molar-refractivity contribution in [2.45, 2.75) is 32.6 Å². The third kappa shape index (κ3) is 2.59. The van der Waals surface area contributed by atoms with Gasteiger partial charge in [0.05, 0.1) is 5.69 Å². The van der Waals surface area contributed by atoms with Crippen LogP contribution in [-0.2, 0) is 0 Å². The fourth-order valence-electron chi connectivity index (χ4n) is 2.25. The Hall–Kier alpha value is -2.10. The summed E-state index contributed by atoms with van der Waals surface area (Å²) in [4.78, 5) is 9.03. The molecule has 2 N–H and O–H groups in total. The van der Waals surface area contributed by atoms with Gasteiger partial charge in [-0.25, -0.2) is 4.98 Å². The predicted molar refractivity (Wildman–Crippen MR) is 82.8 cm³/mol. The van der Waals surface area contributed by atoms with Crippen LogP contribution in [0, 0.1) is 13.8 Å². The summed E-state index contributed by atoms with van der Waals surface area (Å²) in [6, 6.07) is 8.34. The van der Waals surface area contributed by atoms with E-state index in [1.807, 2.05) is 7.05 Å². The fraction of sp³-hybridized carbons (Fsp3) is 0.375. The molecule has 1 heterocycles. The number of aryl methyl sites for hydroxylation is 1. The van der Waals surface area contributed by atoms with Crippen molar-refractivity contribution < 1.29 is 0 Å². The molecule has 4 heteroatoms. The zero-order chi connectivity index (χ0) is 14.1. The summed E-state index contributed by atoms with van der Waals surface area (Å²) in [5.41, 5.74) is 4.77. The Morgan fingerprint density at radius 3 is 2.65 bits per heavy atom. The van der Waals surface area contributed by atoms with E-state index in [4.69, 9.17) is 0 Å². The Labute approximate surface area is 119 Å². The first-order valence-electron chi connectivity index (χ1n) is 7.07. The maximum atomic E-state index is 4.53. The summed E-state index contributed by atoms with van der Waals surface area (Å²) in [6.07, 6.45) is 2.48. The molecule has 0 aliphatic heterocycles. The Morgan fingerprint density at radius 1 is 1.15 bits per heavy atom. The molecule has 2 aromatic rings. The second-order valence-electron chi connectivity index (χ2n) is 5.40. The largest absolute Gasteiger partial charge is 0.357 e. The highest BCUT2D eigenvalue weighted by atomic mass is 15.1. The number of nitrogens with one attached hydrogen (secondary N) is 2. The van der Waals surface area contributed by atoms with Crippen molar-refractivity contribution >= 4 is 17.5 Å². The van der Waals surface area contributed by atoms with Gasteiger partial charge in [0.2, 0.25) is 5.95 Å². The zero-order valence-corrected chi connectivity index (χ0v) is 12.2. The maximum absolute atomic E-state index is 4.53. The van der Waals surface area contributed by atoms with Crippen molar-refractivity contribution in [1.82, 2.24) is 9.97 Å². The molecular formula is C16H20N4. The molecule has 0 spiro atoms. The number of anilines is 3. The van der Waals surface area contributed by atoms with Crippen LogP contribution in [0.2, 0.25) is 0 Å². The lowest BCUT2D eigenvalue weighted by Gasteiger charge is -2.12. The summed E-state index contributed by atoms with van der Waals surface area (Å²) in [5, 5.41) is 6.46. The summed E-state index contributed by atoms with van der Waals surface area (Å²) in [7, 11) is 1.85. The summed E-state index contributed by atoms with van der Waals surface area (Å²) < 4.78 is 0. The fourth-order valence-corrected chi connectivity index (χ4v) is 2.25. The molecule has 0 bridgehead atoms. The molecule has 3 rings (SSSR count). The predicted octanol–water partition coefficient (Wildman–Crippen LogP) is 3.76. The van der Waals surface area contributed by atoms with Gasteiger partial charge in [0.25, 0.3) is 0 Å². The van der Waals surface area contributed by atoms with Gasteiger partial charge in [-0.3, -0.25) is 0 Å². The molecule has 1 aliphatic rings. The smallest absolute Gasteiger partial charge is 0.224 e. The first-order chi connectivity index (χ1) is 9.67. The van der Waals surface area contributed by atoms with Crippen LogP contribution in [0.25, 0.3) is 0 Å². The van der Waals surface area contributed by atoms with Gasteiger partial charge in [-0.05, 0) is 43.9 Å². The Kier molecular flexibility index (Phi) is 3.30. The van der Waals surface area contributed by atoms with Crippen LogP contribution in [0.1, 0.15) is 35.6 Å². The Morgan fingerprint density at radius 2 is 1.95 bits per heavy atom. The number of nitrogens with zero attached hydrogens (tertiary/aromatic N) is 2. The molecule has 1 aromatic heterocycles. The summed E-state index contributed by atoms with van der Waals surface area (Å²) >= 11 is 0. The molecule has 0 amide bonds. The topological polar surface area (TPSA) is 49.8 Å². The molecule has 4 nitrogen and oxygen atoms in total. The highest BCUT2D eigenvalue weighted by molar-refractivity contribution is 5.63. The molecule has 104 valence electrons. The Bertz CT molecular complexity index is 632. The van der Waals surface area contributed by atoms with E-state index in [0.29, 0.717) is 11.9 Å². The van der Waals surface area contributed by atoms with Gasteiger partial charge in [-0.1, -0.05) is 12.1 Å². The molecule has 0 radical (unpaired) electrons. The lowest BCUT2D eigenvalue weighted by Crippen LogP contribution is -2.04. The van der Waals surface area contributed by atoms with Crippen LogP contribution >= 0.6 is 0 Å². The van der Waals surface area contributed by atoms with Gasteiger partial charge in [0.1, 0.15) is 5.82 Å². The minimum atomic E-state index is 0.615. The highest BCUT2D eigenvalue weighted by Gasteiger charge is 2.26. The number of aromatic nitrogens is 2. The average molecular weight is 268 g/mol. The lowest BCUT2D eigenvalue weighted by atomic mass is 10.1. The third-order valence-corrected chi connectivity index (χ3v) is 3.83. The molecule has 1 aromatic carbocycles. The van der Waals surface area contributed by atoms with Crippen molar-refractivity contribution in [3.63, 3.8) is 0 Å². The number of hydrogen-bond acceptors (Lipinski definition) is 4. The molecule has 0 unspecified atom stereocenters. The number of hydrogen-bond donors (Lipinski definition) is 2. The average Bonchev–Trinajstić information content (AvgIpc) is 3.28. The van der Waals surface area contributed by atoms with Gasteiger partial charge >= 0.3 is 0 Å². The second-order valence-corrected chi connectivity index (χ2v) is 5.40. The van der Waals surface area contributed by atoms with Crippen LogP contribution in [0.3, 0.4) is 0 Å². The van der Waals surface area contributed by atoms with Crippen LogP contribution in [0.15, 0.2) is 24.3 Å². The Balaban J connectivity index is 1.93. The standard InChI is InChI=1S/C16H20N4/c1-10-5-4-6-13(11(10)2)18-15-9-14(12-7-8-12)19-16(17-3)20-15/h4-6,9,12H,7-8H2,1-3H3,(H2,17,18,19,20). The van der Waals surface area contributed by atoms with Crippen LogP contribution in [0.5, 0.6) is 0 Å². The van der Waals surface area contributed by atoms with Crippen molar-refractivity contribution in [3.05, 3.63) is 41.1 Å². The van der Waals surface area contributed by atoms with E-state index < -0.39 is 0 Å². The van der Waals surface area contributed by atoms with E-state index in [-0.39, 0.29) is 0 Å². The normalized spacial score (nSPS) is 14.2. The summed E-state index contributed by atoms with van der Waals surface area (Å²) in [6.45, 7) is 4.24. The van der Waals surface area contributed by atoms with E-state index in [0.717, 1.165) is 17.2 Å². The first-order valence-corrected chi connectivity index (χ1v) is 7.07. The van der Waals surface area contributed by atoms with Crippen LogP contribution in [-0.4, -0.2) is 17.0 Å². The van der Waals surface area contributed by atoms with E-state index in [2.05, 4.69) is 58.7 Å². The minimum Gasteiger partial charge on any atom is -0.357 e. The van der Waals surface area contributed by atoms with E-state index >= 15 is 0 Å². The minimum absolute atomic E-state index is 0.615. The van der Waals surface area contributed by atoms with Crippen molar-refractivity contribution in [2.75, 3.05) is 17.7 Å². The summed E-state index contributed by atoms with van der Waals surface area (Å²) in [5.74, 6) is 2.16. The lowest BCUT2D eigenvalue weighted by molar-refractivity contribution is 0.991. The van der Waals surface area contributed by atoms with Gasteiger partial charge in [0.15, 0.2) is 0 Å². The van der Waals surface area contributed by atoms with Crippen molar-refractivity contribution in [1.29, 1.82) is 0 Å². The SMILES string of the molecule is CNc1nc(Nc2cccc(C)c2C)cc(C2CC2)n1. The van der Waals surface area contributed by atoms with E-state index in [9.17, 15) is 0 Å².